The summed E-state index contributed by atoms with van der Waals surface area (Å²) in [5.41, 5.74) is 2.44. The van der Waals surface area contributed by atoms with Gasteiger partial charge in [-0.1, -0.05) is 18.9 Å². The quantitative estimate of drug-likeness (QED) is 0.443. The minimum atomic E-state index is -0.240. The number of pyridine rings is 2. The van der Waals surface area contributed by atoms with Crippen molar-refractivity contribution in [2.24, 2.45) is 0 Å². The van der Waals surface area contributed by atoms with Crippen LogP contribution in [-0.2, 0) is 6.54 Å². The maximum absolute atomic E-state index is 13.4. The van der Waals surface area contributed by atoms with Crippen LogP contribution in [0.4, 0.5) is 11.8 Å². The number of likely N-dealkylation sites (tertiary alicyclic amines) is 2. The Kier molecular flexibility index (Phi) is 7.44. The van der Waals surface area contributed by atoms with Crippen molar-refractivity contribution in [2.45, 2.75) is 83.8 Å². The van der Waals surface area contributed by atoms with Crippen LogP contribution < -0.4 is 10.9 Å². The van der Waals surface area contributed by atoms with Gasteiger partial charge >= 0.3 is 0 Å². The number of piperidine rings is 1. The summed E-state index contributed by atoms with van der Waals surface area (Å²) in [5, 5.41) is 3.97. The minimum Gasteiger partial charge on any atom is -0.309 e. The molecule has 206 valence electrons. The molecule has 0 spiro atoms. The second kappa shape index (κ2) is 11.1. The Morgan fingerprint density at radius 2 is 1.69 bits per heavy atom. The molecule has 0 unspecified atom stereocenters. The molecule has 0 amide bonds. The number of aryl methyl sites for hydroxylation is 1. The van der Waals surface area contributed by atoms with Crippen molar-refractivity contribution in [3.05, 3.63) is 51.6 Å². The number of rotatable bonds is 7. The van der Waals surface area contributed by atoms with Crippen LogP contribution in [0, 0.1) is 6.92 Å². The highest BCUT2D eigenvalue weighted by Crippen LogP contribution is 2.32. The van der Waals surface area contributed by atoms with Crippen molar-refractivity contribution in [1.82, 2.24) is 29.3 Å². The third-order valence-electron chi connectivity index (χ3n) is 8.94. The van der Waals surface area contributed by atoms with Crippen LogP contribution in [0.25, 0.3) is 11.0 Å². The van der Waals surface area contributed by atoms with E-state index >= 15 is 0 Å². The van der Waals surface area contributed by atoms with E-state index in [0.29, 0.717) is 23.0 Å². The summed E-state index contributed by atoms with van der Waals surface area (Å²) < 4.78 is 1.74. The summed E-state index contributed by atoms with van der Waals surface area (Å²) in [5.74, 6) is 0.846. The fourth-order valence-corrected chi connectivity index (χ4v) is 6.82. The van der Waals surface area contributed by atoms with Gasteiger partial charge in [0.05, 0.1) is 5.56 Å². The number of ketones is 1. The van der Waals surface area contributed by atoms with E-state index in [-0.39, 0.29) is 22.9 Å². The van der Waals surface area contributed by atoms with Crippen molar-refractivity contribution < 1.29 is 4.79 Å². The number of nitrogens with zero attached hydrogens (tertiary/aromatic N) is 6. The first-order chi connectivity index (χ1) is 19.0. The smallest absolute Gasteiger partial charge is 0.263 e. The maximum Gasteiger partial charge on any atom is 0.263 e. The molecule has 6 rings (SSSR count). The zero-order chi connectivity index (χ0) is 26.9. The van der Waals surface area contributed by atoms with Crippen molar-refractivity contribution >= 4 is 28.6 Å². The molecule has 0 atom stereocenters. The number of carbonyl (C=O) groups is 1. The highest BCUT2D eigenvalue weighted by Gasteiger charge is 2.27. The largest absolute Gasteiger partial charge is 0.309 e. The second-order valence-corrected chi connectivity index (χ2v) is 11.5. The van der Waals surface area contributed by atoms with Crippen LogP contribution in [0.2, 0.25) is 0 Å². The lowest BCUT2D eigenvalue weighted by Crippen LogP contribution is -2.43. The highest BCUT2D eigenvalue weighted by atomic mass is 16.1. The van der Waals surface area contributed by atoms with Crippen molar-refractivity contribution in [3.8, 4) is 0 Å². The van der Waals surface area contributed by atoms with Gasteiger partial charge in [0.2, 0.25) is 5.95 Å². The SMILES string of the molecule is CC(=O)c1c(C)c2cnc(Nc3ccc(CN4CCC(N5CCCC5)CC4)cn3)nc2n(C2CCCC2)c1=O. The number of aromatic nitrogens is 4. The lowest BCUT2D eigenvalue weighted by molar-refractivity contribution is 0.101. The molecular weight excluding hydrogens is 490 g/mol. The van der Waals surface area contributed by atoms with Crippen LogP contribution in [-0.4, -0.2) is 67.3 Å². The molecule has 1 aliphatic carbocycles. The first-order valence-electron chi connectivity index (χ1n) is 14.6. The van der Waals surface area contributed by atoms with E-state index in [4.69, 9.17) is 4.98 Å². The van der Waals surface area contributed by atoms with Crippen LogP contribution in [0.5, 0.6) is 0 Å². The van der Waals surface area contributed by atoms with Gasteiger partial charge in [0.1, 0.15) is 11.5 Å². The number of nitrogens with one attached hydrogen (secondary N) is 1. The standard InChI is InChI=1S/C30H39N7O2/c1-20-25-18-32-30(34-28(25)37(24-7-3-4-8-24)29(39)27(20)21(2)38)33-26-10-9-22(17-31-26)19-35-15-11-23(12-16-35)36-13-5-6-14-36/h9-10,17-18,23-24H,3-8,11-16,19H2,1-2H3,(H,31,32,33,34). The maximum atomic E-state index is 13.4. The predicted octanol–water partition coefficient (Wildman–Crippen LogP) is 4.62. The Morgan fingerprint density at radius 3 is 2.36 bits per heavy atom. The lowest BCUT2D eigenvalue weighted by Gasteiger charge is -2.36. The van der Waals surface area contributed by atoms with E-state index in [0.717, 1.165) is 56.7 Å². The van der Waals surface area contributed by atoms with Gasteiger partial charge in [0.15, 0.2) is 5.78 Å². The van der Waals surface area contributed by atoms with Gasteiger partial charge in [-0.25, -0.2) is 9.97 Å². The summed E-state index contributed by atoms with van der Waals surface area (Å²) >= 11 is 0. The van der Waals surface area contributed by atoms with Crippen molar-refractivity contribution in [2.75, 3.05) is 31.5 Å². The zero-order valence-corrected chi connectivity index (χ0v) is 23.2. The molecule has 9 heteroatoms. The van der Waals surface area contributed by atoms with E-state index in [2.05, 4.69) is 31.2 Å². The molecule has 0 radical (unpaired) electrons. The first-order valence-corrected chi connectivity index (χ1v) is 14.6. The lowest BCUT2D eigenvalue weighted by atomic mass is 10.0. The second-order valence-electron chi connectivity index (χ2n) is 11.5. The normalized spacial score (nSPS) is 19.7. The molecule has 3 fully saturated rings. The van der Waals surface area contributed by atoms with Crippen molar-refractivity contribution in [1.29, 1.82) is 0 Å². The van der Waals surface area contributed by atoms with E-state index < -0.39 is 0 Å². The van der Waals surface area contributed by atoms with Gasteiger partial charge in [-0.05, 0) is 95.7 Å². The summed E-state index contributed by atoms with van der Waals surface area (Å²) in [6.07, 6.45) is 12.9. The Morgan fingerprint density at radius 1 is 0.949 bits per heavy atom. The Labute approximate surface area is 229 Å². The zero-order valence-electron chi connectivity index (χ0n) is 23.2. The molecule has 9 nitrogen and oxygen atoms in total. The van der Waals surface area contributed by atoms with Crippen LogP contribution in [0.3, 0.4) is 0 Å². The summed E-state index contributed by atoms with van der Waals surface area (Å²) in [6, 6.07) is 4.90. The van der Waals surface area contributed by atoms with Gasteiger partial charge in [-0.2, -0.15) is 4.98 Å². The Hall–Kier alpha value is -3.17. The number of carbonyl (C=O) groups excluding carboxylic acids is 1. The Bertz CT molecular complexity index is 1400. The van der Waals surface area contributed by atoms with Crippen LogP contribution in [0.15, 0.2) is 29.3 Å². The third kappa shape index (κ3) is 5.34. The average Bonchev–Trinajstić information content (AvgIpc) is 3.65. The van der Waals surface area contributed by atoms with E-state index in [1.807, 2.05) is 19.2 Å². The monoisotopic (exact) mass is 529 g/mol. The molecule has 1 saturated carbocycles. The summed E-state index contributed by atoms with van der Waals surface area (Å²) in [4.78, 5) is 44.9. The number of hydrogen-bond acceptors (Lipinski definition) is 8. The molecule has 3 aromatic rings. The molecule has 0 bridgehead atoms. The molecule has 3 aliphatic rings. The number of anilines is 2. The third-order valence-corrected chi connectivity index (χ3v) is 8.94. The van der Waals surface area contributed by atoms with E-state index in [1.165, 1.54) is 51.3 Å². The highest BCUT2D eigenvalue weighted by molar-refractivity contribution is 5.99. The molecule has 1 N–H and O–H groups in total. The van der Waals surface area contributed by atoms with E-state index in [9.17, 15) is 9.59 Å². The molecule has 0 aromatic carbocycles. The van der Waals surface area contributed by atoms with Crippen LogP contribution in [0.1, 0.15) is 85.8 Å². The fraction of sp³-hybridized carbons (Fsp3) is 0.567. The summed E-state index contributed by atoms with van der Waals surface area (Å²) in [6.45, 7) is 9.02. The number of fused-ring (bicyclic) bond motifs is 1. The molecular formula is C30H39N7O2. The molecule has 39 heavy (non-hydrogen) atoms. The van der Waals surface area contributed by atoms with Gasteiger partial charge < -0.3 is 10.2 Å². The summed E-state index contributed by atoms with van der Waals surface area (Å²) in [7, 11) is 0. The van der Waals surface area contributed by atoms with Gasteiger partial charge in [-0.15, -0.1) is 0 Å². The minimum absolute atomic E-state index is 0.0549. The van der Waals surface area contributed by atoms with Crippen molar-refractivity contribution in [3.63, 3.8) is 0 Å². The van der Waals surface area contributed by atoms with Crippen LogP contribution >= 0.6 is 0 Å². The van der Waals surface area contributed by atoms with Gasteiger partial charge in [-0.3, -0.25) is 19.1 Å². The Balaban J connectivity index is 1.17. The molecule has 3 aromatic heterocycles. The number of Topliss-reactive ketones (excluding diaryl/α,β-unsaturated/α-hetero) is 1. The van der Waals surface area contributed by atoms with Gasteiger partial charge in [0, 0.05) is 36.4 Å². The molecule has 5 heterocycles. The molecule has 2 aliphatic heterocycles. The number of hydrogen-bond donors (Lipinski definition) is 1. The first kappa shape index (κ1) is 26.1. The fourth-order valence-electron chi connectivity index (χ4n) is 6.82. The van der Waals surface area contributed by atoms with E-state index in [1.54, 1.807) is 10.8 Å². The van der Waals surface area contributed by atoms with Gasteiger partial charge in [0.25, 0.3) is 5.56 Å². The topological polar surface area (TPSA) is 96.2 Å². The predicted molar refractivity (Wildman–Crippen MR) is 153 cm³/mol. The molecule has 2 saturated heterocycles. The average molecular weight is 530 g/mol.